The maximum atomic E-state index is 14.1. The first-order chi connectivity index (χ1) is 19.9. The van der Waals surface area contributed by atoms with Crippen LogP contribution in [0.4, 0.5) is 0 Å². The van der Waals surface area contributed by atoms with Gasteiger partial charge in [0.05, 0.1) is 6.04 Å². The molecule has 2 aromatic rings. The highest BCUT2D eigenvalue weighted by Gasteiger charge is 2.69. The molecule has 2 saturated heterocycles. The second-order valence-electron chi connectivity index (χ2n) is 13.0. The molecule has 2 aliphatic heterocycles. The van der Waals surface area contributed by atoms with Crippen molar-refractivity contribution in [2.24, 2.45) is 29.1 Å². The number of nitrogens with zero attached hydrogens (tertiary/aromatic N) is 1. The lowest BCUT2D eigenvalue weighted by molar-refractivity contribution is -0.143. The number of rotatable bonds is 11. The van der Waals surface area contributed by atoms with Gasteiger partial charge in [-0.1, -0.05) is 45.9 Å². The van der Waals surface area contributed by atoms with Gasteiger partial charge in [-0.15, -0.1) is 0 Å². The van der Waals surface area contributed by atoms with E-state index in [9.17, 15) is 29.1 Å². The van der Waals surface area contributed by atoms with E-state index in [0.717, 1.165) is 10.9 Å². The predicted octanol–water partition coefficient (Wildman–Crippen LogP) is 1.37. The number of para-hydroxylation sites is 1. The fourth-order valence-corrected chi connectivity index (χ4v) is 6.93. The normalized spacial score (nSPS) is 25.6. The smallest absolute Gasteiger partial charge is 0.268 e. The average Bonchev–Trinajstić information content (AvgIpc) is 3.46. The van der Waals surface area contributed by atoms with Crippen molar-refractivity contribution in [1.29, 1.82) is 0 Å². The molecule has 42 heavy (non-hydrogen) atoms. The molecule has 5 N–H and O–H groups in total. The molecule has 0 spiro atoms. The molecule has 11 nitrogen and oxygen atoms in total. The predicted molar refractivity (Wildman–Crippen MR) is 155 cm³/mol. The molecule has 1 aliphatic carbocycles. The lowest BCUT2D eigenvalue weighted by atomic mass is 9.94. The molecule has 1 aromatic carbocycles. The second kappa shape index (κ2) is 11.5. The maximum Gasteiger partial charge on any atom is 0.268 e. The Balaban J connectivity index is 1.35. The first kappa shape index (κ1) is 29.8. The number of carbonyl (C=O) groups is 5. The molecular formula is C31H41N5O6. The molecule has 3 aliphatic rings. The van der Waals surface area contributed by atoms with Gasteiger partial charge in [0.2, 0.25) is 17.7 Å². The fourth-order valence-electron chi connectivity index (χ4n) is 6.93. The Morgan fingerprint density at radius 3 is 2.50 bits per heavy atom. The second-order valence-corrected chi connectivity index (χ2v) is 13.0. The summed E-state index contributed by atoms with van der Waals surface area (Å²) < 4.78 is 0. The van der Waals surface area contributed by atoms with Gasteiger partial charge in [-0.3, -0.25) is 24.0 Å². The molecule has 4 amide bonds. The first-order valence-corrected chi connectivity index (χ1v) is 14.8. The number of amides is 4. The van der Waals surface area contributed by atoms with Gasteiger partial charge in [-0.2, -0.15) is 0 Å². The van der Waals surface area contributed by atoms with E-state index in [4.69, 9.17) is 0 Å². The largest absolute Gasteiger partial charge is 0.389 e. The minimum absolute atomic E-state index is 0.0889. The fraction of sp³-hybridized carbons (Fsp3) is 0.581. The van der Waals surface area contributed by atoms with Crippen molar-refractivity contribution in [2.45, 2.75) is 65.1 Å². The van der Waals surface area contributed by atoms with Crippen LogP contribution in [0.1, 0.15) is 57.4 Å². The number of likely N-dealkylation sites (tertiary alicyclic amines) is 1. The van der Waals surface area contributed by atoms with Crippen molar-refractivity contribution in [3.05, 3.63) is 36.0 Å². The average molecular weight is 580 g/mol. The summed E-state index contributed by atoms with van der Waals surface area (Å²) in [6.07, 6.45) is 1.02. The molecule has 5 rings (SSSR count). The molecular weight excluding hydrogens is 538 g/mol. The topological polar surface area (TPSA) is 161 Å². The third kappa shape index (κ3) is 5.66. The molecule has 11 heteroatoms. The molecule has 1 aromatic heterocycles. The van der Waals surface area contributed by atoms with E-state index in [1.165, 1.54) is 0 Å². The van der Waals surface area contributed by atoms with Gasteiger partial charge in [-0.25, -0.2) is 0 Å². The number of aromatic amines is 1. The Kier molecular flexibility index (Phi) is 8.15. The summed E-state index contributed by atoms with van der Waals surface area (Å²) >= 11 is 0. The van der Waals surface area contributed by atoms with Gasteiger partial charge < -0.3 is 30.9 Å². The number of aliphatic hydroxyl groups is 1. The lowest BCUT2D eigenvalue weighted by Crippen LogP contribution is -2.58. The zero-order valence-electron chi connectivity index (χ0n) is 24.6. The number of aliphatic hydroxyl groups excluding tert-OH is 1. The monoisotopic (exact) mass is 579 g/mol. The van der Waals surface area contributed by atoms with E-state index < -0.39 is 48.2 Å². The molecule has 1 unspecified atom stereocenters. The van der Waals surface area contributed by atoms with Gasteiger partial charge in [0, 0.05) is 29.9 Å². The zero-order valence-corrected chi connectivity index (χ0v) is 24.6. The van der Waals surface area contributed by atoms with Crippen LogP contribution in [0.5, 0.6) is 0 Å². The van der Waals surface area contributed by atoms with E-state index in [1.54, 1.807) is 11.0 Å². The standard InChI is InChI=1S/C31H41N5O6/c1-16(2)11-23(35-28(40)22-12-17-7-5-6-8-20(17)33-22)30(42)36-14-19-25(31(19,3)4)26(36)29(41)34-21(24(38)15-37)13-18-9-10-32-27(18)39/h5-8,12,16,18-19,21,23,25-26,33,37H,9-11,13-15H2,1-4H3,(H,32,39)(H,34,41)(H,35,40)/t18-,19-,21-,23?,25-,26-/m0/s1. The molecule has 1 saturated carbocycles. The molecule has 0 bridgehead atoms. The number of nitrogens with one attached hydrogen (secondary N) is 4. The number of piperidine rings is 1. The van der Waals surface area contributed by atoms with E-state index in [1.807, 2.05) is 38.1 Å². The van der Waals surface area contributed by atoms with Crippen molar-refractivity contribution in [1.82, 2.24) is 25.8 Å². The van der Waals surface area contributed by atoms with Crippen molar-refractivity contribution in [3.63, 3.8) is 0 Å². The van der Waals surface area contributed by atoms with Crippen molar-refractivity contribution in [2.75, 3.05) is 19.7 Å². The van der Waals surface area contributed by atoms with E-state index in [0.29, 0.717) is 31.6 Å². The number of carbonyl (C=O) groups excluding carboxylic acids is 5. The summed E-state index contributed by atoms with van der Waals surface area (Å²) in [6.45, 7) is 8.17. The Labute approximate surface area is 245 Å². The number of fused-ring (bicyclic) bond motifs is 2. The van der Waals surface area contributed by atoms with Crippen LogP contribution in [-0.2, 0) is 19.2 Å². The van der Waals surface area contributed by atoms with Crippen molar-refractivity contribution < 1.29 is 29.1 Å². The van der Waals surface area contributed by atoms with Crippen molar-refractivity contribution in [3.8, 4) is 0 Å². The van der Waals surface area contributed by atoms with Gasteiger partial charge in [-0.05, 0) is 54.6 Å². The van der Waals surface area contributed by atoms with E-state index in [-0.39, 0.29) is 41.4 Å². The van der Waals surface area contributed by atoms with Crippen LogP contribution < -0.4 is 16.0 Å². The number of H-pyrrole nitrogens is 1. The summed E-state index contributed by atoms with van der Waals surface area (Å²) in [4.78, 5) is 70.6. The summed E-state index contributed by atoms with van der Waals surface area (Å²) in [5.74, 6) is -2.32. The summed E-state index contributed by atoms with van der Waals surface area (Å²) in [7, 11) is 0. The zero-order chi connectivity index (χ0) is 30.3. The Bertz CT molecular complexity index is 1370. The lowest BCUT2D eigenvalue weighted by Gasteiger charge is -2.34. The third-order valence-electron chi connectivity index (χ3n) is 9.39. The van der Waals surface area contributed by atoms with Crippen molar-refractivity contribution >= 4 is 40.3 Å². The Morgan fingerprint density at radius 1 is 1.12 bits per heavy atom. The van der Waals surface area contributed by atoms with Crippen LogP contribution in [0.15, 0.2) is 30.3 Å². The number of aromatic nitrogens is 1. The minimum Gasteiger partial charge on any atom is -0.389 e. The number of hydrogen-bond acceptors (Lipinski definition) is 6. The summed E-state index contributed by atoms with van der Waals surface area (Å²) in [5.41, 5.74) is 0.996. The highest BCUT2D eigenvalue weighted by atomic mass is 16.3. The van der Waals surface area contributed by atoms with Crippen LogP contribution in [0.25, 0.3) is 10.9 Å². The van der Waals surface area contributed by atoms with Crippen LogP contribution in [0.3, 0.4) is 0 Å². The highest BCUT2D eigenvalue weighted by Crippen LogP contribution is 2.65. The number of benzene rings is 1. The maximum absolute atomic E-state index is 14.1. The minimum atomic E-state index is -1.04. The summed E-state index contributed by atoms with van der Waals surface area (Å²) in [5, 5.41) is 18.9. The van der Waals surface area contributed by atoms with Crippen LogP contribution in [0, 0.1) is 29.1 Å². The quantitative estimate of drug-likeness (QED) is 0.270. The number of ketones is 1. The SMILES string of the molecule is CC(C)CC(NC(=O)c1cc2ccccc2[nH]1)C(=O)N1C[C@H]2[C@@H]([C@H]1C(=O)N[C@@H](C[C@@H]1CCNC1=O)C(=O)CO)C2(C)C. The Morgan fingerprint density at radius 2 is 1.86 bits per heavy atom. The van der Waals surface area contributed by atoms with Crippen LogP contribution in [-0.4, -0.2) is 82.2 Å². The number of hydrogen-bond donors (Lipinski definition) is 5. The van der Waals surface area contributed by atoms with Gasteiger partial charge in [0.25, 0.3) is 5.91 Å². The van der Waals surface area contributed by atoms with E-state index >= 15 is 0 Å². The molecule has 3 heterocycles. The molecule has 6 atom stereocenters. The number of Topliss-reactive ketones (excluding diaryl/α,β-unsaturated/α-hetero) is 1. The van der Waals surface area contributed by atoms with E-state index in [2.05, 4.69) is 34.8 Å². The molecule has 0 radical (unpaired) electrons. The van der Waals surface area contributed by atoms with Gasteiger partial charge in [0.1, 0.15) is 24.4 Å². The highest BCUT2D eigenvalue weighted by molar-refractivity contribution is 6.01. The van der Waals surface area contributed by atoms with Crippen LogP contribution in [0.2, 0.25) is 0 Å². The molecule has 226 valence electrons. The third-order valence-corrected chi connectivity index (χ3v) is 9.39. The van der Waals surface area contributed by atoms with Crippen LogP contribution >= 0.6 is 0 Å². The summed E-state index contributed by atoms with van der Waals surface area (Å²) in [6, 6.07) is 6.55. The Hall–Kier alpha value is -3.73. The van der Waals surface area contributed by atoms with Gasteiger partial charge >= 0.3 is 0 Å². The molecule has 3 fully saturated rings. The first-order valence-electron chi connectivity index (χ1n) is 14.8. The van der Waals surface area contributed by atoms with Gasteiger partial charge in [0.15, 0.2) is 5.78 Å².